The van der Waals surface area contributed by atoms with Gasteiger partial charge in [0.05, 0.1) is 25.4 Å². The summed E-state index contributed by atoms with van der Waals surface area (Å²) in [6.07, 6.45) is 51.8. The van der Waals surface area contributed by atoms with Crippen molar-refractivity contribution in [2.24, 2.45) is 0 Å². The molecule has 1 saturated heterocycles. The first kappa shape index (κ1) is 60.2. The smallest absolute Gasteiger partial charge is 0.220 e. The highest BCUT2D eigenvalue weighted by molar-refractivity contribution is 5.76. The molecule has 1 rings (SSSR count). The van der Waals surface area contributed by atoms with Crippen molar-refractivity contribution in [3.63, 3.8) is 0 Å². The van der Waals surface area contributed by atoms with Crippen molar-refractivity contribution in [1.82, 2.24) is 5.32 Å². The summed E-state index contributed by atoms with van der Waals surface area (Å²) in [7, 11) is 0. The van der Waals surface area contributed by atoms with Crippen LogP contribution < -0.4 is 5.32 Å². The van der Waals surface area contributed by atoms with Gasteiger partial charge < -0.3 is 40.3 Å². The quantitative estimate of drug-likeness (QED) is 0.0261. The van der Waals surface area contributed by atoms with Crippen molar-refractivity contribution in [1.29, 1.82) is 0 Å². The number of carbonyl (C=O) groups is 1. The third kappa shape index (κ3) is 34.5. The van der Waals surface area contributed by atoms with Crippen LogP contribution in [0, 0.1) is 0 Å². The van der Waals surface area contributed by atoms with Crippen LogP contribution in [0.5, 0.6) is 0 Å². The van der Waals surface area contributed by atoms with E-state index in [1.807, 2.05) is 6.08 Å². The average molecular weight is 904 g/mol. The highest BCUT2D eigenvalue weighted by atomic mass is 16.7. The molecular formula is C55H101NO8. The number of hydrogen-bond acceptors (Lipinski definition) is 8. The van der Waals surface area contributed by atoms with Gasteiger partial charge in [-0.2, -0.15) is 0 Å². The Bertz CT molecular complexity index is 1140. The molecule has 1 amide bonds. The lowest BCUT2D eigenvalue weighted by Crippen LogP contribution is -2.60. The molecule has 64 heavy (non-hydrogen) atoms. The van der Waals surface area contributed by atoms with E-state index in [9.17, 15) is 30.3 Å². The topological polar surface area (TPSA) is 149 Å². The molecule has 0 aliphatic carbocycles. The van der Waals surface area contributed by atoms with E-state index in [4.69, 9.17) is 9.47 Å². The highest BCUT2D eigenvalue weighted by Crippen LogP contribution is 2.23. The number of aliphatic hydroxyl groups is 5. The predicted molar refractivity (Wildman–Crippen MR) is 267 cm³/mol. The van der Waals surface area contributed by atoms with Crippen LogP contribution in [0.15, 0.2) is 48.6 Å². The van der Waals surface area contributed by atoms with E-state index in [1.54, 1.807) is 6.08 Å². The lowest BCUT2D eigenvalue weighted by molar-refractivity contribution is -0.302. The fourth-order valence-electron chi connectivity index (χ4n) is 8.30. The molecule has 1 aliphatic rings. The van der Waals surface area contributed by atoms with Crippen LogP contribution in [0.3, 0.4) is 0 Å². The van der Waals surface area contributed by atoms with Crippen molar-refractivity contribution < 1.29 is 39.8 Å². The Morgan fingerprint density at radius 1 is 0.516 bits per heavy atom. The second-order valence-electron chi connectivity index (χ2n) is 18.6. The molecule has 9 nitrogen and oxygen atoms in total. The zero-order valence-electron chi connectivity index (χ0n) is 41.3. The monoisotopic (exact) mass is 904 g/mol. The fraction of sp³-hybridized carbons (Fsp3) is 0.836. The van der Waals surface area contributed by atoms with E-state index in [1.165, 1.54) is 167 Å². The first-order valence-electron chi connectivity index (χ1n) is 26.9. The molecule has 0 bridgehead atoms. The van der Waals surface area contributed by atoms with Gasteiger partial charge in [-0.15, -0.1) is 0 Å². The SMILES string of the molecule is CCCCC/C=C/CC/C=C/CC/C=C/C(O)C(COC1OC(CO)C(O)C(O)C1O)NC(=O)CCCCCCCCCCCCCC/C=C\CCCCCCCCCCCCCC. The van der Waals surface area contributed by atoms with Gasteiger partial charge in [-0.1, -0.05) is 210 Å². The summed E-state index contributed by atoms with van der Waals surface area (Å²) < 4.78 is 11.2. The Morgan fingerprint density at radius 3 is 1.34 bits per heavy atom. The van der Waals surface area contributed by atoms with E-state index in [0.29, 0.717) is 6.42 Å². The van der Waals surface area contributed by atoms with Gasteiger partial charge in [-0.05, 0) is 70.6 Å². The summed E-state index contributed by atoms with van der Waals surface area (Å²) in [5.74, 6) is -0.192. The molecule has 0 aromatic carbocycles. The zero-order chi connectivity index (χ0) is 46.6. The molecule has 1 aliphatic heterocycles. The molecule has 374 valence electrons. The Kier molecular flexibility index (Phi) is 42.3. The van der Waals surface area contributed by atoms with Gasteiger partial charge in [0, 0.05) is 6.42 Å². The van der Waals surface area contributed by atoms with E-state index >= 15 is 0 Å². The molecular weight excluding hydrogens is 803 g/mol. The van der Waals surface area contributed by atoms with Crippen molar-refractivity contribution in [3.8, 4) is 0 Å². The van der Waals surface area contributed by atoms with Crippen LogP contribution in [0.2, 0.25) is 0 Å². The molecule has 0 saturated carbocycles. The predicted octanol–water partition coefficient (Wildman–Crippen LogP) is 12.6. The summed E-state index contributed by atoms with van der Waals surface area (Å²) in [4.78, 5) is 13.0. The van der Waals surface area contributed by atoms with Crippen molar-refractivity contribution in [2.45, 2.75) is 281 Å². The van der Waals surface area contributed by atoms with Gasteiger partial charge in [0.15, 0.2) is 6.29 Å². The van der Waals surface area contributed by atoms with Gasteiger partial charge >= 0.3 is 0 Å². The van der Waals surface area contributed by atoms with Gasteiger partial charge in [0.1, 0.15) is 24.4 Å². The van der Waals surface area contributed by atoms with Crippen molar-refractivity contribution >= 4 is 5.91 Å². The number of carbonyl (C=O) groups excluding carboxylic acids is 1. The van der Waals surface area contributed by atoms with Crippen molar-refractivity contribution in [3.05, 3.63) is 48.6 Å². The van der Waals surface area contributed by atoms with Gasteiger partial charge in [-0.3, -0.25) is 4.79 Å². The average Bonchev–Trinajstić information content (AvgIpc) is 3.29. The summed E-state index contributed by atoms with van der Waals surface area (Å²) >= 11 is 0. The Balaban J connectivity index is 2.20. The fourth-order valence-corrected chi connectivity index (χ4v) is 8.30. The largest absolute Gasteiger partial charge is 0.394 e. The maximum Gasteiger partial charge on any atom is 0.220 e. The summed E-state index contributed by atoms with van der Waals surface area (Å²) in [5, 5.41) is 54.3. The van der Waals surface area contributed by atoms with Crippen LogP contribution in [0.25, 0.3) is 0 Å². The Morgan fingerprint density at radius 2 is 0.891 bits per heavy atom. The molecule has 7 unspecified atom stereocenters. The lowest BCUT2D eigenvalue weighted by atomic mass is 9.99. The molecule has 0 radical (unpaired) electrons. The summed E-state index contributed by atoms with van der Waals surface area (Å²) in [5.41, 5.74) is 0. The van der Waals surface area contributed by atoms with Gasteiger partial charge in [0.2, 0.25) is 5.91 Å². The molecule has 0 aromatic heterocycles. The number of allylic oxidation sites excluding steroid dienone is 7. The molecule has 1 fully saturated rings. The Labute approximate surface area is 393 Å². The lowest BCUT2D eigenvalue weighted by Gasteiger charge is -2.40. The summed E-state index contributed by atoms with van der Waals surface area (Å²) in [6, 6.07) is -0.827. The van der Waals surface area contributed by atoms with E-state index in [2.05, 4.69) is 55.6 Å². The van der Waals surface area contributed by atoms with Gasteiger partial charge in [-0.25, -0.2) is 0 Å². The first-order valence-corrected chi connectivity index (χ1v) is 26.9. The number of aliphatic hydroxyl groups excluding tert-OH is 5. The molecule has 0 spiro atoms. The van der Waals surface area contributed by atoms with E-state index < -0.39 is 49.5 Å². The number of hydrogen-bond donors (Lipinski definition) is 6. The second-order valence-corrected chi connectivity index (χ2v) is 18.6. The highest BCUT2D eigenvalue weighted by Gasteiger charge is 2.44. The Hall–Kier alpha value is -1.85. The number of amides is 1. The van der Waals surface area contributed by atoms with Crippen LogP contribution >= 0.6 is 0 Å². The van der Waals surface area contributed by atoms with Crippen LogP contribution in [-0.4, -0.2) is 87.5 Å². The number of rotatable bonds is 45. The molecule has 0 aromatic rings. The molecule has 1 heterocycles. The maximum atomic E-state index is 13.0. The van der Waals surface area contributed by atoms with Crippen LogP contribution in [0.4, 0.5) is 0 Å². The third-order valence-electron chi connectivity index (χ3n) is 12.6. The van der Waals surface area contributed by atoms with Crippen LogP contribution in [-0.2, 0) is 14.3 Å². The van der Waals surface area contributed by atoms with Crippen LogP contribution in [0.1, 0.15) is 239 Å². The minimum atomic E-state index is -1.57. The number of unbranched alkanes of at least 4 members (excludes halogenated alkanes) is 29. The molecule has 6 N–H and O–H groups in total. The third-order valence-corrected chi connectivity index (χ3v) is 12.6. The molecule has 7 atom stereocenters. The van der Waals surface area contributed by atoms with Crippen molar-refractivity contribution in [2.75, 3.05) is 13.2 Å². The van der Waals surface area contributed by atoms with E-state index in [-0.39, 0.29) is 12.5 Å². The summed E-state index contributed by atoms with van der Waals surface area (Å²) in [6.45, 7) is 3.73. The minimum Gasteiger partial charge on any atom is -0.394 e. The molecule has 9 heteroatoms. The standard InChI is InChI=1S/C55H101NO8/c1-3-5-7-9-11-13-15-17-18-19-20-21-22-23-24-25-26-27-28-29-30-31-33-35-37-39-41-43-45-51(59)56-48(47-63-55-54(62)53(61)52(60)50(46-57)64-55)49(58)44-42-40-38-36-34-32-16-14-12-10-8-6-4-2/h12,14,23-24,34,36,42,44,48-50,52-55,57-58,60-62H,3-11,13,15-22,25-33,35,37-41,43,45-47H2,1-2H3,(H,56,59)/b14-12+,24-23-,36-34+,44-42+. The number of nitrogens with one attached hydrogen (secondary N) is 1. The first-order chi connectivity index (χ1) is 31.3. The second kappa shape index (κ2) is 45.0. The minimum absolute atomic E-state index is 0.192. The zero-order valence-corrected chi connectivity index (χ0v) is 41.3. The maximum absolute atomic E-state index is 13.0. The normalized spacial score (nSPS) is 20.4. The van der Waals surface area contributed by atoms with E-state index in [0.717, 1.165) is 51.4 Å². The number of ether oxygens (including phenoxy) is 2. The van der Waals surface area contributed by atoms with Gasteiger partial charge in [0.25, 0.3) is 0 Å².